The van der Waals surface area contributed by atoms with Crippen LogP contribution >= 0.6 is 0 Å². The average Bonchev–Trinajstić information content (AvgIpc) is 2.58. The van der Waals surface area contributed by atoms with Gasteiger partial charge in [-0.2, -0.15) is 0 Å². The van der Waals surface area contributed by atoms with Crippen LogP contribution in [-0.4, -0.2) is 66.8 Å². The monoisotopic (exact) mass is 291 g/mol. The number of nitrogens with two attached hydrogens (primary N) is 1. The third-order valence-electron chi connectivity index (χ3n) is 4.60. The van der Waals surface area contributed by atoms with Crippen molar-refractivity contribution in [2.45, 2.75) is 18.9 Å². The lowest BCUT2D eigenvalue weighted by molar-refractivity contribution is 0.00976. The number of hydrogen-bond acceptors (Lipinski definition) is 6. The summed E-state index contributed by atoms with van der Waals surface area (Å²) in [4.78, 5) is 13.4. The zero-order valence-electron chi connectivity index (χ0n) is 12.5. The van der Waals surface area contributed by atoms with Gasteiger partial charge in [0.05, 0.1) is 6.61 Å². The van der Waals surface area contributed by atoms with Crippen molar-refractivity contribution in [2.75, 3.05) is 50.8 Å². The van der Waals surface area contributed by atoms with Gasteiger partial charge in [0.15, 0.2) is 0 Å². The maximum Gasteiger partial charge on any atom is 0.225 e. The number of rotatable bonds is 4. The van der Waals surface area contributed by atoms with Gasteiger partial charge in [0.25, 0.3) is 0 Å². The molecule has 2 atom stereocenters. The van der Waals surface area contributed by atoms with E-state index in [0.717, 1.165) is 51.9 Å². The van der Waals surface area contributed by atoms with E-state index in [1.54, 1.807) is 12.4 Å². The van der Waals surface area contributed by atoms with E-state index in [-0.39, 0.29) is 0 Å². The number of piperazine rings is 1. The predicted octanol–water partition coefficient (Wildman–Crippen LogP) is 0.353. The van der Waals surface area contributed by atoms with Crippen molar-refractivity contribution >= 4 is 5.95 Å². The van der Waals surface area contributed by atoms with Crippen molar-refractivity contribution in [3.8, 4) is 0 Å². The molecule has 0 bridgehead atoms. The molecule has 0 aromatic carbocycles. The first kappa shape index (κ1) is 14.7. The van der Waals surface area contributed by atoms with Crippen LogP contribution in [0.4, 0.5) is 5.95 Å². The molecule has 1 aromatic heterocycles. The van der Waals surface area contributed by atoms with Gasteiger partial charge >= 0.3 is 0 Å². The Labute approximate surface area is 126 Å². The van der Waals surface area contributed by atoms with Crippen molar-refractivity contribution in [3.63, 3.8) is 0 Å². The van der Waals surface area contributed by atoms with Crippen LogP contribution in [0.5, 0.6) is 0 Å². The molecule has 2 aliphatic rings. The van der Waals surface area contributed by atoms with Crippen molar-refractivity contribution in [2.24, 2.45) is 11.7 Å². The smallest absolute Gasteiger partial charge is 0.225 e. The molecule has 21 heavy (non-hydrogen) atoms. The number of nitrogens with zero attached hydrogens (tertiary/aromatic N) is 4. The highest BCUT2D eigenvalue weighted by Crippen LogP contribution is 2.22. The third kappa shape index (κ3) is 3.51. The molecule has 0 spiro atoms. The Bertz CT molecular complexity index is 415. The first-order valence-electron chi connectivity index (χ1n) is 7.92. The molecule has 0 radical (unpaired) electrons. The minimum absolute atomic E-state index is 0.448. The molecule has 3 rings (SSSR count). The van der Waals surface area contributed by atoms with Crippen LogP contribution in [0.1, 0.15) is 12.8 Å². The Morgan fingerprint density at radius 2 is 2.00 bits per heavy atom. The van der Waals surface area contributed by atoms with E-state index in [9.17, 15) is 0 Å². The molecule has 6 heteroatoms. The number of aromatic nitrogens is 2. The summed E-state index contributed by atoms with van der Waals surface area (Å²) in [5.41, 5.74) is 6.04. The quantitative estimate of drug-likeness (QED) is 0.863. The van der Waals surface area contributed by atoms with Crippen LogP contribution in [0.3, 0.4) is 0 Å². The van der Waals surface area contributed by atoms with E-state index >= 15 is 0 Å². The second-order valence-electron chi connectivity index (χ2n) is 5.85. The Kier molecular flexibility index (Phi) is 5.00. The summed E-state index contributed by atoms with van der Waals surface area (Å²) in [6.07, 6.45) is 6.01. The largest absolute Gasteiger partial charge is 0.381 e. The topological polar surface area (TPSA) is 67.5 Å². The summed E-state index contributed by atoms with van der Waals surface area (Å²) in [6.45, 7) is 6.47. The van der Waals surface area contributed by atoms with Gasteiger partial charge in [-0.1, -0.05) is 0 Å². The lowest BCUT2D eigenvalue weighted by Gasteiger charge is -2.42. The lowest BCUT2D eigenvalue weighted by Crippen LogP contribution is -2.56. The Morgan fingerprint density at radius 1 is 1.24 bits per heavy atom. The van der Waals surface area contributed by atoms with Crippen molar-refractivity contribution in [3.05, 3.63) is 18.5 Å². The Morgan fingerprint density at radius 3 is 2.62 bits per heavy atom. The van der Waals surface area contributed by atoms with Gasteiger partial charge in [-0.15, -0.1) is 0 Å². The zero-order chi connectivity index (χ0) is 14.5. The van der Waals surface area contributed by atoms with E-state index in [1.807, 2.05) is 6.07 Å². The van der Waals surface area contributed by atoms with Crippen LogP contribution in [0.25, 0.3) is 0 Å². The van der Waals surface area contributed by atoms with Crippen LogP contribution in [-0.2, 0) is 4.74 Å². The maximum absolute atomic E-state index is 6.04. The number of hydrogen-bond donors (Lipinski definition) is 1. The highest BCUT2D eigenvalue weighted by atomic mass is 16.5. The van der Waals surface area contributed by atoms with E-state index in [2.05, 4.69) is 19.8 Å². The number of anilines is 1. The molecule has 0 saturated carbocycles. The SMILES string of the molecule is NCC(C1CCCOC1)N1CCN(c2ncccn2)CC1. The van der Waals surface area contributed by atoms with Gasteiger partial charge in [0.1, 0.15) is 0 Å². The predicted molar refractivity (Wildman–Crippen MR) is 82.2 cm³/mol. The third-order valence-corrected chi connectivity index (χ3v) is 4.60. The van der Waals surface area contributed by atoms with Crippen LogP contribution in [0.15, 0.2) is 18.5 Å². The highest BCUT2D eigenvalue weighted by Gasteiger charge is 2.30. The van der Waals surface area contributed by atoms with Crippen molar-refractivity contribution < 1.29 is 4.74 Å². The first-order valence-corrected chi connectivity index (χ1v) is 7.92. The second kappa shape index (κ2) is 7.15. The van der Waals surface area contributed by atoms with Crippen molar-refractivity contribution in [1.82, 2.24) is 14.9 Å². The van der Waals surface area contributed by atoms with Crippen LogP contribution in [0, 0.1) is 5.92 Å². The average molecular weight is 291 g/mol. The van der Waals surface area contributed by atoms with E-state index in [1.165, 1.54) is 12.8 Å². The zero-order valence-corrected chi connectivity index (χ0v) is 12.5. The summed E-state index contributed by atoms with van der Waals surface area (Å²) in [5.74, 6) is 1.42. The molecule has 6 nitrogen and oxygen atoms in total. The summed E-state index contributed by atoms with van der Waals surface area (Å²) < 4.78 is 5.63. The van der Waals surface area contributed by atoms with Gasteiger partial charge in [-0.25, -0.2) is 9.97 Å². The molecule has 0 aliphatic carbocycles. The van der Waals surface area contributed by atoms with Crippen LogP contribution in [0.2, 0.25) is 0 Å². The molecule has 3 heterocycles. The Balaban J connectivity index is 1.56. The van der Waals surface area contributed by atoms with E-state index in [4.69, 9.17) is 10.5 Å². The molecule has 2 unspecified atom stereocenters. The minimum atomic E-state index is 0.448. The molecule has 116 valence electrons. The van der Waals surface area contributed by atoms with Gasteiger partial charge in [0, 0.05) is 57.8 Å². The fourth-order valence-electron chi connectivity index (χ4n) is 3.42. The molecule has 1 aromatic rings. The lowest BCUT2D eigenvalue weighted by atomic mass is 9.92. The maximum atomic E-state index is 6.04. The summed E-state index contributed by atoms with van der Waals surface area (Å²) >= 11 is 0. The molecular weight excluding hydrogens is 266 g/mol. The van der Waals surface area contributed by atoms with Gasteiger partial charge in [0.2, 0.25) is 5.95 Å². The standard InChI is InChI=1S/C15H25N5O/c16-11-14(13-3-1-10-21-12-13)19-6-8-20(9-7-19)15-17-4-2-5-18-15/h2,4-5,13-14H,1,3,6-12,16H2. The summed E-state index contributed by atoms with van der Waals surface area (Å²) in [6, 6.07) is 2.30. The van der Waals surface area contributed by atoms with E-state index in [0.29, 0.717) is 12.0 Å². The van der Waals surface area contributed by atoms with Crippen molar-refractivity contribution in [1.29, 1.82) is 0 Å². The van der Waals surface area contributed by atoms with Gasteiger partial charge in [-0.05, 0) is 24.8 Å². The molecule has 0 amide bonds. The molecule has 2 aliphatic heterocycles. The molecule has 2 fully saturated rings. The first-order chi connectivity index (χ1) is 10.4. The summed E-state index contributed by atoms with van der Waals surface area (Å²) in [7, 11) is 0. The Hall–Kier alpha value is -1.24. The number of ether oxygens (including phenoxy) is 1. The second-order valence-corrected chi connectivity index (χ2v) is 5.85. The molecule has 2 saturated heterocycles. The highest BCUT2D eigenvalue weighted by molar-refractivity contribution is 5.29. The summed E-state index contributed by atoms with van der Waals surface area (Å²) in [5, 5.41) is 0. The molecular formula is C15H25N5O. The molecule has 2 N–H and O–H groups in total. The van der Waals surface area contributed by atoms with Crippen LogP contribution < -0.4 is 10.6 Å². The van der Waals surface area contributed by atoms with Gasteiger partial charge < -0.3 is 15.4 Å². The minimum Gasteiger partial charge on any atom is -0.381 e. The van der Waals surface area contributed by atoms with Gasteiger partial charge in [-0.3, -0.25) is 4.90 Å². The fraction of sp³-hybridized carbons (Fsp3) is 0.733. The normalized spacial score (nSPS) is 25.8. The fourth-order valence-corrected chi connectivity index (χ4v) is 3.42. The van der Waals surface area contributed by atoms with E-state index < -0.39 is 0 Å².